The van der Waals surface area contributed by atoms with Crippen molar-refractivity contribution in [3.8, 4) is 0 Å². The molecule has 3 heterocycles. The molecule has 22 heavy (non-hydrogen) atoms. The van der Waals surface area contributed by atoms with Crippen molar-refractivity contribution in [2.45, 2.75) is 19.9 Å². The fourth-order valence-corrected chi connectivity index (χ4v) is 3.51. The topological polar surface area (TPSA) is 57.7 Å². The number of aryl methyl sites for hydroxylation is 1. The Kier molecular flexibility index (Phi) is 5.28. The van der Waals surface area contributed by atoms with Gasteiger partial charge in [-0.05, 0) is 13.3 Å². The van der Waals surface area contributed by atoms with Crippen LogP contribution in [0.2, 0.25) is 0 Å². The first kappa shape index (κ1) is 15.7. The Morgan fingerprint density at radius 2 is 2.27 bits per heavy atom. The molecule has 0 unspecified atom stereocenters. The normalized spacial score (nSPS) is 23.0. The van der Waals surface area contributed by atoms with Gasteiger partial charge < -0.3 is 15.0 Å². The SMILES string of the molecule is Cc1nc(CN2CCN(C(=O)NC[C@@H]3CCOC3)CC2)cs1. The van der Waals surface area contributed by atoms with Crippen molar-refractivity contribution in [2.24, 2.45) is 5.92 Å². The minimum atomic E-state index is 0.0658. The van der Waals surface area contributed by atoms with Crippen LogP contribution in [-0.4, -0.2) is 66.8 Å². The first-order chi connectivity index (χ1) is 10.7. The highest BCUT2D eigenvalue weighted by molar-refractivity contribution is 7.09. The van der Waals surface area contributed by atoms with Gasteiger partial charge in [-0.3, -0.25) is 4.90 Å². The Hall–Kier alpha value is -1.18. The van der Waals surface area contributed by atoms with E-state index in [0.717, 1.165) is 69.6 Å². The summed E-state index contributed by atoms with van der Waals surface area (Å²) in [6, 6.07) is 0.0658. The predicted octanol–water partition coefficient (Wildman–Crippen LogP) is 1.32. The van der Waals surface area contributed by atoms with E-state index in [0.29, 0.717) is 5.92 Å². The summed E-state index contributed by atoms with van der Waals surface area (Å²) >= 11 is 1.69. The Balaban J connectivity index is 1.38. The van der Waals surface area contributed by atoms with Gasteiger partial charge in [-0.2, -0.15) is 0 Å². The molecule has 1 N–H and O–H groups in total. The van der Waals surface area contributed by atoms with Gasteiger partial charge in [-0.1, -0.05) is 0 Å². The van der Waals surface area contributed by atoms with Crippen LogP contribution < -0.4 is 5.32 Å². The maximum absolute atomic E-state index is 12.2. The monoisotopic (exact) mass is 324 g/mol. The number of carbonyl (C=O) groups excluding carboxylic acids is 1. The number of urea groups is 1. The summed E-state index contributed by atoms with van der Waals surface area (Å²) in [4.78, 5) is 21.0. The number of thiazole rings is 1. The molecule has 122 valence electrons. The fourth-order valence-electron chi connectivity index (χ4n) is 2.91. The zero-order chi connectivity index (χ0) is 15.4. The molecule has 0 radical (unpaired) electrons. The minimum absolute atomic E-state index is 0.0658. The Morgan fingerprint density at radius 3 is 2.91 bits per heavy atom. The second kappa shape index (κ2) is 7.39. The molecule has 0 bridgehead atoms. The molecule has 2 amide bonds. The van der Waals surface area contributed by atoms with Crippen LogP contribution in [0.1, 0.15) is 17.1 Å². The van der Waals surface area contributed by atoms with Gasteiger partial charge in [0.2, 0.25) is 0 Å². The molecule has 2 aliphatic rings. The lowest BCUT2D eigenvalue weighted by Crippen LogP contribution is -2.52. The lowest BCUT2D eigenvalue weighted by atomic mass is 10.1. The number of hydrogen-bond acceptors (Lipinski definition) is 5. The molecule has 0 spiro atoms. The predicted molar refractivity (Wildman–Crippen MR) is 86.0 cm³/mol. The largest absolute Gasteiger partial charge is 0.381 e. The Labute approximate surface area is 135 Å². The number of hydrogen-bond donors (Lipinski definition) is 1. The number of carbonyl (C=O) groups is 1. The molecule has 1 aromatic rings. The maximum atomic E-state index is 12.2. The summed E-state index contributed by atoms with van der Waals surface area (Å²) < 4.78 is 5.33. The lowest BCUT2D eigenvalue weighted by Gasteiger charge is -2.34. The molecule has 6 nitrogen and oxygen atoms in total. The van der Waals surface area contributed by atoms with E-state index >= 15 is 0 Å². The van der Waals surface area contributed by atoms with E-state index < -0.39 is 0 Å². The van der Waals surface area contributed by atoms with Crippen LogP contribution in [0, 0.1) is 12.8 Å². The summed E-state index contributed by atoms with van der Waals surface area (Å²) in [5.74, 6) is 0.484. The van der Waals surface area contributed by atoms with Crippen molar-refractivity contribution in [3.05, 3.63) is 16.1 Å². The third-order valence-corrected chi connectivity index (χ3v) is 5.10. The van der Waals surface area contributed by atoms with Crippen molar-refractivity contribution in [1.82, 2.24) is 20.1 Å². The molecule has 2 saturated heterocycles. The number of nitrogens with zero attached hydrogens (tertiary/aromatic N) is 3. The Morgan fingerprint density at radius 1 is 1.45 bits per heavy atom. The lowest BCUT2D eigenvalue weighted by molar-refractivity contribution is 0.133. The average molecular weight is 324 g/mol. The van der Waals surface area contributed by atoms with Crippen LogP contribution in [0.5, 0.6) is 0 Å². The minimum Gasteiger partial charge on any atom is -0.381 e. The standard InChI is InChI=1S/C15H24N4O2S/c1-12-17-14(11-22-12)9-18-3-5-19(6-4-18)15(20)16-8-13-2-7-21-10-13/h11,13H,2-10H2,1H3,(H,16,20)/t13-/m0/s1. The second-order valence-electron chi connectivity index (χ2n) is 6.04. The molecule has 1 aromatic heterocycles. The molecule has 3 rings (SSSR count). The van der Waals surface area contributed by atoms with Crippen LogP contribution in [0.15, 0.2) is 5.38 Å². The second-order valence-corrected chi connectivity index (χ2v) is 7.10. The van der Waals surface area contributed by atoms with Gasteiger partial charge in [0.05, 0.1) is 17.3 Å². The maximum Gasteiger partial charge on any atom is 0.317 e. The van der Waals surface area contributed by atoms with Gasteiger partial charge in [-0.25, -0.2) is 9.78 Å². The van der Waals surface area contributed by atoms with Gasteiger partial charge in [0, 0.05) is 57.2 Å². The highest BCUT2D eigenvalue weighted by Gasteiger charge is 2.23. The van der Waals surface area contributed by atoms with Gasteiger partial charge >= 0.3 is 6.03 Å². The van der Waals surface area contributed by atoms with Crippen molar-refractivity contribution in [1.29, 1.82) is 0 Å². The van der Waals surface area contributed by atoms with E-state index in [9.17, 15) is 4.79 Å². The van der Waals surface area contributed by atoms with E-state index in [-0.39, 0.29) is 6.03 Å². The molecule has 7 heteroatoms. The van der Waals surface area contributed by atoms with Gasteiger partial charge in [0.15, 0.2) is 0 Å². The van der Waals surface area contributed by atoms with Crippen LogP contribution in [0.25, 0.3) is 0 Å². The number of nitrogens with one attached hydrogen (secondary N) is 1. The van der Waals surface area contributed by atoms with Gasteiger partial charge in [0.1, 0.15) is 0 Å². The first-order valence-electron chi connectivity index (χ1n) is 7.94. The number of amides is 2. The summed E-state index contributed by atoms with van der Waals surface area (Å²) in [6.07, 6.45) is 1.06. The smallest absolute Gasteiger partial charge is 0.317 e. The number of piperazine rings is 1. The quantitative estimate of drug-likeness (QED) is 0.907. The van der Waals surface area contributed by atoms with E-state index in [1.54, 1.807) is 11.3 Å². The third kappa shape index (κ3) is 4.18. The van der Waals surface area contributed by atoms with E-state index in [1.807, 2.05) is 11.8 Å². The van der Waals surface area contributed by atoms with E-state index in [1.165, 1.54) is 0 Å². The number of aromatic nitrogens is 1. The number of rotatable bonds is 4. The van der Waals surface area contributed by atoms with E-state index in [2.05, 4.69) is 20.6 Å². The van der Waals surface area contributed by atoms with Crippen molar-refractivity contribution in [2.75, 3.05) is 45.9 Å². The Bertz CT molecular complexity index is 493. The molecular weight excluding hydrogens is 300 g/mol. The molecular formula is C15H24N4O2S. The molecule has 2 aliphatic heterocycles. The van der Waals surface area contributed by atoms with Gasteiger partial charge in [0.25, 0.3) is 0 Å². The summed E-state index contributed by atoms with van der Waals surface area (Å²) in [7, 11) is 0. The van der Waals surface area contributed by atoms with Crippen LogP contribution in [0.4, 0.5) is 4.79 Å². The zero-order valence-corrected chi connectivity index (χ0v) is 13.9. The molecule has 0 aromatic carbocycles. The summed E-state index contributed by atoms with van der Waals surface area (Å²) in [5.41, 5.74) is 1.14. The zero-order valence-electron chi connectivity index (χ0n) is 13.1. The van der Waals surface area contributed by atoms with E-state index in [4.69, 9.17) is 4.74 Å². The third-order valence-electron chi connectivity index (χ3n) is 4.28. The van der Waals surface area contributed by atoms with Crippen molar-refractivity contribution in [3.63, 3.8) is 0 Å². The summed E-state index contributed by atoms with van der Waals surface area (Å²) in [6.45, 7) is 8.66. The fraction of sp³-hybridized carbons (Fsp3) is 0.733. The molecule has 1 atom stereocenters. The molecule has 2 fully saturated rings. The average Bonchev–Trinajstić information content (AvgIpc) is 3.17. The van der Waals surface area contributed by atoms with Crippen LogP contribution in [-0.2, 0) is 11.3 Å². The molecule has 0 aliphatic carbocycles. The van der Waals surface area contributed by atoms with Crippen molar-refractivity contribution >= 4 is 17.4 Å². The van der Waals surface area contributed by atoms with Crippen LogP contribution >= 0.6 is 11.3 Å². The highest BCUT2D eigenvalue weighted by atomic mass is 32.1. The molecule has 0 saturated carbocycles. The van der Waals surface area contributed by atoms with Gasteiger partial charge in [-0.15, -0.1) is 11.3 Å². The van der Waals surface area contributed by atoms with Crippen LogP contribution in [0.3, 0.4) is 0 Å². The first-order valence-corrected chi connectivity index (χ1v) is 8.82. The number of ether oxygens (including phenoxy) is 1. The summed E-state index contributed by atoms with van der Waals surface area (Å²) in [5, 5.41) is 6.28. The highest BCUT2D eigenvalue weighted by Crippen LogP contribution is 2.13. The van der Waals surface area contributed by atoms with Crippen molar-refractivity contribution < 1.29 is 9.53 Å².